The largest absolute Gasteiger partial charge is 0.325 e. The minimum absolute atomic E-state index is 0.371. The molecule has 0 aliphatic carbocycles. The lowest BCUT2D eigenvalue weighted by Gasteiger charge is -1.92. The summed E-state index contributed by atoms with van der Waals surface area (Å²) in [6, 6.07) is 3.81. The predicted molar refractivity (Wildman–Crippen MR) is 58.2 cm³/mol. The molecule has 2 aromatic rings. The van der Waals surface area contributed by atoms with E-state index in [2.05, 4.69) is 9.97 Å². The number of nitrogens with two attached hydrogens (primary N) is 1. The van der Waals surface area contributed by atoms with Crippen LogP contribution in [0.15, 0.2) is 24.5 Å². The molecule has 72 valence electrons. The zero-order valence-corrected chi connectivity index (χ0v) is 8.85. The van der Waals surface area contributed by atoms with Crippen molar-refractivity contribution >= 4 is 22.9 Å². The fraction of sp³-hybridized carbons (Fsp3) is 0.111. The van der Waals surface area contributed by atoms with Crippen molar-refractivity contribution in [2.24, 2.45) is 5.73 Å². The van der Waals surface area contributed by atoms with E-state index in [1.54, 1.807) is 12.4 Å². The maximum atomic E-state index is 5.95. The minimum atomic E-state index is 0.371. The maximum Gasteiger partial charge on any atom is 0.126 e. The molecule has 3 nitrogen and oxygen atoms in total. The molecule has 2 rings (SSSR count). The molecule has 0 aliphatic heterocycles. The standard InChI is InChI=1S/C9H8ClN3S/c10-8-7(4-11)13-9(14-8)6-2-1-3-12-5-6/h1-3,5H,4,11H2. The van der Waals surface area contributed by atoms with E-state index in [1.807, 2.05) is 12.1 Å². The summed E-state index contributed by atoms with van der Waals surface area (Å²) in [4.78, 5) is 8.34. The van der Waals surface area contributed by atoms with Crippen molar-refractivity contribution in [3.8, 4) is 10.6 Å². The molecule has 2 N–H and O–H groups in total. The second kappa shape index (κ2) is 4.04. The van der Waals surface area contributed by atoms with Crippen molar-refractivity contribution in [2.45, 2.75) is 6.54 Å². The molecule has 2 aromatic heterocycles. The summed E-state index contributed by atoms with van der Waals surface area (Å²) < 4.78 is 0.659. The van der Waals surface area contributed by atoms with Gasteiger partial charge in [-0.25, -0.2) is 4.98 Å². The van der Waals surface area contributed by atoms with Crippen LogP contribution in [-0.4, -0.2) is 9.97 Å². The van der Waals surface area contributed by atoms with E-state index >= 15 is 0 Å². The molecular formula is C9H8ClN3S. The van der Waals surface area contributed by atoms with Gasteiger partial charge in [-0.3, -0.25) is 4.98 Å². The monoisotopic (exact) mass is 225 g/mol. The van der Waals surface area contributed by atoms with Gasteiger partial charge < -0.3 is 5.73 Å². The fourth-order valence-corrected chi connectivity index (χ4v) is 2.22. The van der Waals surface area contributed by atoms with E-state index in [4.69, 9.17) is 17.3 Å². The molecule has 0 fully saturated rings. The van der Waals surface area contributed by atoms with Gasteiger partial charge in [-0.1, -0.05) is 11.6 Å². The smallest absolute Gasteiger partial charge is 0.126 e. The first-order valence-corrected chi connectivity index (χ1v) is 5.26. The van der Waals surface area contributed by atoms with Crippen LogP contribution >= 0.6 is 22.9 Å². The topological polar surface area (TPSA) is 51.8 Å². The summed E-state index contributed by atoms with van der Waals surface area (Å²) in [5.74, 6) is 0. The number of hydrogen-bond donors (Lipinski definition) is 1. The Kier molecular flexibility index (Phi) is 2.77. The van der Waals surface area contributed by atoms with Gasteiger partial charge in [0.15, 0.2) is 0 Å². The average Bonchev–Trinajstić information content (AvgIpc) is 2.61. The predicted octanol–water partition coefficient (Wildman–Crippen LogP) is 2.32. The average molecular weight is 226 g/mol. The maximum absolute atomic E-state index is 5.95. The zero-order chi connectivity index (χ0) is 9.97. The Bertz CT molecular complexity index is 427. The summed E-state index contributed by atoms with van der Waals surface area (Å²) >= 11 is 7.38. The van der Waals surface area contributed by atoms with E-state index in [9.17, 15) is 0 Å². The van der Waals surface area contributed by atoms with E-state index < -0.39 is 0 Å². The summed E-state index contributed by atoms with van der Waals surface area (Å²) in [7, 11) is 0. The van der Waals surface area contributed by atoms with E-state index in [0.29, 0.717) is 10.9 Å². The van der Waals surface area contributed by atoms with Gasteiger partial charge in [0, 0.05) is 24.5 Å². The minimum Gasteiger partial charge on any atom is -0.325 e. The molecule has 0 unspecified atom stereocenters. The van der Waals surface area contributed by atoms with Crippen LogP contribution in [0, 0.1) is 0 Å². The summed E-state index contributed by atoms with van der Waals surface area (Å²) in [6.45, 7) is 0.371. The highest BCUT2D eigenvalue weighted by atomic mass is 35.5. The van der Waals surface area contributed by atoms with Crippen LogP contribution < -0.4 is 5.73 Å². The van der Waals surface area contributed by atoms with Crippen molar-refractivity contribution in [2.75, 3.05) is 0 Å². The van der Waals surface area contributed by atoms with Gasteiger partial charge in [-0.2, -0.15) is 0 Å². The number of rotatable bonds is 2. The number of pyridine rings is 1. The second-order valence-electron chi connectivity index (χ2n) is 2.69. The van der Waals surface area contributed by atoms with Gasteiger partial charge in [0.1, 0.15) is 9.34 Å². The van der Waals surface area contributed by atoms with E-state index in [1.165, 1.54) is 11.3 Å². The SMILES string of the molecule is NCc1nc(-c2cccnc2)sc1Cl. The molecule has 14 heavy (non-hydrogen) atoms. The van der Waals surface area contributed by atoms with Crippen LogP contribution in [0.25, 0.3) is 10.6 Å². The van der Waals surface area contributed by atoms with Gasteiger partial charge in [0.25, 0.3) is 0 Å². The molecule has 0 radical (unpaired) electrons. The summed E-state index contributed by atoms with van der Waals surface area (Å²) in [6.07, 6.45) is 3.48. The van der Waals surface area contributed by atoms with Crippen molar-refractivity contribution < 1.29 is 0 Å². The molecule has 0 atom stereocenters. The lowest BCUT2D eigenvalue weighted by atomic mass is 10.3. The van der Waals surface area contributed by atoms with Crippen LogP contribution in [-0.2, 0) is 6.54 Å². The third kappa shape index (κ3) is 1.77. The Morgan fingerprint density at radius 1 is 1.50 bits per heavy atom. The van der Waals surface area contributed by atoms with Crippen LogP contribution in [0.2, 0.25) is 4.34 Å². The molecule has 0 amide bonds. The van der Waals surface area contributed by atoms with E-state index in [0.717, 1.165) is 16.3 Å². The molecule has 0 aromatic carbocycles. The van der Waals surface area contributed by atoms with Crippen molar-refractivity contribution in [1.82, 2.24) is 9.97 Å². The Balaban J connectivity index is 2.43. The van der Waals surface area contributed by atoms with Gasteiger partial charge in [-0.15, -0.1) is 11.3 Å². The lowest BCUT2D eigenvalue weighted by molar-refractivity contribution is 1.01. The lowest BCUT2D eigenvalue weighted by Crippen LogP contribution is -1.96. The third-order valence-corrected chi connectivity index (χ3v) is 3.14. The van der Waals surface area contributed by atoms with Gasteiger partial charge in [-0.05, 0) is 12.1 Å². The van der Waals surface area contributed by atoms with Crippen molar-refractivity contribution in [3.05, 3.63) is 34.6 Å². The molecule has 0 saturated carbocycles. The van der Waals surface area contributed by atoms with Gasteiger partial charge >= 0.3 is 0 Å². The quantitative estimate of drug-likeness (QED) is 0.854. The Labute approximate surface area is 90.6 Å². The summed E-state index contributed by atoms with van der Waals surface area (Å²) in [5, 5.41) is 0.864. The Morgan fingerprint density at radius 3 is 2.93 bits per heavy atom. The normalized spacial score (nSPS) is 10.4. The first kappa shape index (κ1) is 9.58. The van der Waals surface area contributed by atoms with Crippen LogP contribution in [0.3, 0.4) is 0 Å². The molecule has 0 spiro atoms. The molecule has 5 heteroatoms. The Hall–Kier alpha value is -0.970. The highest BCUT2D eigenvalue weighted by molar-refractivity contribution is 7.19. The molecule has 0 bridgehead atoms. The summed E-state index contributed by atoms with van der Waals surface area (Å²) in [5.41, 5.74) is 7.20. The van der Waals surface area contributed by atoms with Crippen LogP contribution in [0.5, 0.6) is 0 Å². The zero-order valence-electron chi connectivity index (χ0n) is 7.27. The van der Waals surface area contributed by atoms with E-state index in [-0.39, 0.29) is 0 Å². The van der Waals surface area contributed by atoms with Crippen LogP contribution in [0.4, 0.5) is 0 Å². The molecule has 0 saturated heterocycles. The number of aromatic nitrogens is 2. The first-order valence-electron chi connectivity index (χ1n) is 4.07. The van der Waals surface area contributed by atoms with Gasteiger partial charge in [0.2, 0.25) is 0 Å². The number of nitrogens with zero attached hydrogens (tertiary/aromatic N) is 2. The second-order valence-corrected chi connectivity index (χ2v) is 4.29. The Morgan fingerprint density at radius 2 is 2.36 bits per heavy atom. The number of hydrogen-bond acceptors (Lipinski definition) is 4. The highest BCUT2D eigenvalue weighted by Gasteiger charge is 2.08. The number of thiazole rings is 1. The molecule has 2 heterocycles. The fourth-order valence-electron chi connectivity index (χ4n) is 1.07. The van der Waals surface area contributed by atoms with Gasteiger partial charge in [0.05, 0.1) is 5.69 Å². The molecular weight excluding hydrogens is 218 g/mol. The highest BCUT2D eigenvalue weighted by Crippen LogP contribution is 2.30. The van der Waals surface area contributed by atoms with Crippen LogP contribution in [0.1, 0.15) is 5.69 Å². The number of halogens is 1. The first-order chi connectivity index (χ1) is 6.81. The third-order valence-electron chi connectivity index (χ3n) is 1.75. The van der Waals surface area contributed by atoms with Crippen molar-refractivity contribution in [1.29, 1.82) is 0 Å². The van der Waals surface area contributed by atoms with Crippen molar-refractivity contribution in [3.63, 3.8) is 0 Å². The molecule has 0 aliphatic rings.